The van der Waals surface area contributed by atoms with E-state index in [-0.39, 0.29) is 24.2 Å². The fourth-order valence-corrected chi connectivity index (χ4v) is 2.44. The Kier molecular flexibility index (Phi) is 5.30. The van der Waals surface area contributed by atoms with Gasteiger partial charge in [-0.1, -0.05) is 6.58 Å². The quantitative estimate of drug-likeness (QED) is 0.768. The van der Waals surface area contributed by atoms with Gasteiger partial charge >= 0.3 is 12.4 Å². The van der Waals surface area contributed by atoms with Crippen molar-refractivity contribution in [2.45, 2.75) is 38.2 Å². The van der Waals surface area contributed by atoms with E-state index in [2.05, 4.69) is 6.58 Å². The Morgan fingerprint density at radius 1 is 1.15 bits per heavy atom. The number of hydrogen-bond donors (Lipinski definition) is 1. The van der Waals surface area contributed by atoms with Crippen LogP contribution in [0.4, 0.5) is 26.3 Å². The molecule has 1 fully saturated rings. The minimum absolute atomic E-state index is 0.00665. The molecule has 1 atom stereocenters. The molecule has 1 aliphatic rings. The zero-order valence-corrected chi connectivity index (χ0v) is 13.9. The molecule has 0 aliphatic heterocycles. The van der Waals surface area contributed by atoms with E-state index in [0.29, 0.717) is 12.1 Å². The van der Waals surface area contributed by atoms with Gasteiger partial charge < -0.3 is 10.6 Å². The molecule has 1 unspecified atom stereocenters. The highest BCUT2D eigenvalue weighted by atomic mass is 19.4. The lowest BCUT2D eigenvalue weighted by atomic mass is 10.0. The first kappa shape index (κ1) is 20.1. The second-order valence-corrected chi connectivity index (χ2v) is 6.45. The van der Waals surface area contributed by atoms with Gasteiger partial charge in [-0.3, -0.25) is 4.79 Å². The number of carbonyl (C=O) groups excluding carboxylic acids is 1. The highest BCUT2D eigenvalue weighted by Crippen LogP contribution is 2.37. The maximum Gasteiger partial charge on any atom is 0.416 e. The summed E-state index contributed by atoms with van der Waals surface area (Å²) in [4.78, 5) is 13.9. The molecule has 0 radical (unpaired) electrons. The van der Waals surface area contributed by atoms with Crippen LogP contribution in [0.3, 0.4) is 0 Å². The summed E-state index contributed by atoms with van der Waals surface area (Å²) in [6.45, 7) is 5.25. The molecular weight excluding hydrogens is 362 g/mol. The lowest BCUT2D eigenvalue weighted by Crippen LogP contribution is -2.42. The van der Waals surface area contributed by atoms with Crippen LogP contribution in [0.5, 0.6) is 0 Å². The van der Waals surface area contributed by atoms with Crippen molar-refractivity contribution in [3.63, 3.8) is 0 Å². The van der Waals surface area contributed by atoms with Crippen molar-refractivity contribution in [1.29, 1.82) is 0 Å². The van der Waals surface area contributed by atoms with Crippen molar-refractivity contribution in [3.8, 4) is 0 Å². The smallest absolute Gasteiger partial charge is 0.401 e. The lowest BCUT2D eigenvalue weighted by Gasteiger charge is -2.30. The number of hydrogen-bond acceptors (Lipinski definition) is 2. The fourth-order valence-electron chi connectivity index (χ4n) is 2.44. The Morgan fingerprint density at radius 2 is 1.62 bits per heavy atom. The standard InChI is InChI=1S/C17H18F6N2O/c1-9(24)10(2)25(8-11-3-4-11)15(26)12-5-13(16(18,19)20)7-14(6-12)17(21,22)23/h5-7,10-11H,1,3-4,8,24H2,2H3. The number of amides is 1. The molecule has 2 rings (SSSR count). The molecule has 0 heterocycles. The monoisotopic (exact) mass is 380 g/mol. The van der Waals surface area contributed by atoms with Crippen LogP contribution >= 0.6 is 0 Å². The van der Waals surface area contributed by atoms with Crippen molar-refractivity contribution in [1.82, 2.24) is 4.90 Å². The van der Waals surface area contributed by atoms with Crippen LogP contribution in [0, 0.1) is 5.92 Å². The second-order valence-electron chi connectivity index (χ2n) is 6.45. The van der Waals surface area contributed by atoms with Gasteiger partial charge in [0.05, 0.1) is 17.2 Å². The van der Waals surface area contributed by atoms with Crippen molar-refractivity contribution in [3.05, 3.63) is 47.2 Å². The maximum atomic E-state index is 13.0. The molecule has 0 aromatic heterocycles. The molecule has 26 heavy (non-hydrogen) atoms. The summed E-state index contributed by atoms with van der Waals surface area (Å²) in [6.07, 6.45) is -8.35. The Bertz CT molecular complexity index is 674. The summed E-state index contributed by atoms with van der Waals surface area (Å²) in [6, 6.07) is 0.146. The molecule has 0 saturated heterocycles. The summed E-state index contributed by atoms with van der Waals surface area (Å²) in [5.41, 5.74) is 1.96. The first-order chi connectivity index (χ1) is 11.8. The number of nitrogens with two attached hydrogens (primary N) is 1. The van der Waals surface area contributed by atoms with E-state index in [0.717, 1.165) is 12.8 Å². The van der Waals surface area contributed by atoms with Gasteiger partial charge in [0.1, 0.15) is 0 Å². The molecule has 1 aromatic rings. The Labute approximate surface area is 146 Å². The first-order valence-corrected chi connectivity index (χ1v) is 7.85. The van der Waals surface area contributed by atoms with Crippen LogP contribution in [0.2, 0.25) is 0 Å². The first-order valence-electron chi connectivity index (χ1n) is 7.85. The van der Waals surface area contributed by atoms with Crippen LogP contribution in [-0.2, 0) is 12.4 Å². The van der Waals surface area contributed by atoms with E-state index in [1.54, 1.807) is 0 Å². The summed E-state index contributed by atoms with van der Waals surface area (Å²) in [5.74, 6) is -0.777. The maximum absolute atomic E-state index is 13.0. The van der Waals surface area contributed by atoms with Gasteiger partial charge in [-0.25, -0.2) is 0 Å². The van der Waals surface area contributed by atoms with Crippen molar-refractivity contribution >= 4 is 5.91 Å². The third-order valence-corrected chi connectivity index (χ3v) is 4.25. The van der Waals surface area contributed by atoms with E-state index in [4.69, 9.17) is 5.73 Å². The Balaban J connectivity index is 2.49. The topological polar surface area (TPSA) is 46.3 Å². The van der Waals surface area contributed by atoms with Crippen LogP contribution in [0.1, 0.15) is 41.3 Å². The summed E-state index contributed by atoms with van der Waals surface area (Å²) < 4.78 is 77.9. The van der Waals surface area contributed by atoms with E-state index in [1.165, 1.54) is 11.8 Å². The minimum atomic E-state index is -5.01. The number of halogens is 6. The Hall–Kier alpha value is -2.19. The average Bonchev–Trinajstić information content (AvgIpc) is 3.33. The van der Waals surface area contributed by atoms with Gasteiger partial charge in [0.25, 0.3) is 5.91 Å². The van der Waals surface area contributed by atoms with E-state index >= 15 is 0 Å². The van der Waals surface area contributed by atoms with Crippen LogP contribution in [0.15, 0.2) is 30.5 Å². The van der Waals surface area contributed by atoms with E-state index in [9.17, 15) is 31.1 Å². The number of rotatable bonds is 5. The molecular formula is C17H18F6N2O. The number of alkyl halides is 6. The zero-order valence-electron chi connectivity index (χ0n) is 13.9. The van der Waals surface area contributed by atoms with Gasteiger partial charge in [0.15, 0.2) is 0 Å². The van der Waals surface area contributed by atoms with Crippen molar-refractivity contribution in [2.75, 3.05) is 6.54 Å². The normalized spacial score (nSPS) is 16.3. The molecule has 144 valence electrons. The molecule has 2 N–H and O–H groups in total. The van der Waals surface area contributed by atoms with Gasteiger partial charge in [0, 0.05) is 17.8 Å². The minimum Gasteiger partial charge on any atom is -0.401 e. The third-order valence-electron chi connectivity index (χ3n) is 4.25. The van der Waals surface area contributed by atoms with Gasteiger partial charge in [-0.15, -0.1) is 0 Å². The molecule has 3 nitrogen and oxygen atoms in total. The molecule has 1 aromatic carbocycles. The van der Waals surface area contributed by atoms with Crippen LogP contribution in [0.25, 0.3) is 0 Å². The lowest BCUT2D eigenvalue weighted by molar-refractivity contribution is -0.143. The number of carbonyl (C=O) groups is 1. The van der Waals surface area contributed by atoms with Crippen LogP contribution in [-0.4, -0.2) is 23.4 Å². The highest BCUT2D eigenvalue weighted by Gasteiger charge is 2.38. The molecule has 9 heteroatoms. The predicted molar refractivity (Wildman–Crippen MR) is 83.0 cm³/mol. The summed E-state index contributed by atoms with van der Waals surface area (Å²) in [7, 11) is 0. The van der Waals surface area contributed by atoms with Gasteiger partial charge in [0.2, 0.25) is 0 Å². The van der Waals surface area contributed by atoms with Crippen LogP contribution < -0.4 is 5.73 Å². The molecule has 1 saturated carbocycles. The molecule has 1 amide bonds. The number of nitrogens with zero attached hydrogens (tertiary/aromatic N) is 1. The fraction of sp³-hybridized carbons (Fsp3) is 0.471. The Morgan fingerprint density at radius 3 is 1.96 bits per heavy atom. The summed E-state index contributed by atoms with van der Waals surface area (Å²) >= 11 is 0. The van der Waals surface area contributed by atoms with Gasteiger partial charge in [-0.05, 0) is 43.9 Å². The third kappa shape index (κ3) is 4.70. The summed E-state index contributed by atoms with van der Waals surface area (Å²) in [5, 5.41) is 0. The molecule has 1 aliphatic carbocycles. The molecule has 0 spiro atoms. The number of benzene rings is 1. The predicted octanol–water partition coefficient (Wildman–Crippen LogP) is 4.44. The SMILES string of the molecule is C=C(N)C(C)N(CC1CC1)C(=O)c1cc(C(F)(F)F)cc(C(F)(F)F)c1. The van der Waals surface area contributed by atoms with E-state index in [1.807, 2.05) is 0 Å². The average molecular weight is 380 g/mol. The molecule has 0 bridgehead atoms. The van der Waals surface area contributed by atoms with E-state index < -0.39 is 41.0 Å². The van der Waals surface area contributed by atoms with Gasteiger partial charge in [-0.2, -0.15) is 26.3 Å². The van der Waals surface area contributed by atoms with Crippen molar-refractivity contribution in [2.24, 2.45) is 11.7 Å². The van der Waals surface area contributed by atoms with Crippen molar-refractivity contribution < 1.29 is 31.1 Å². The zero-order chi connectivity index (χ0) is 19.9. The largest absolute Gasteiger partial charge is 0.416 e. The second kappa shape index (κ2) is 6.85. The highest BCUT2D eigenvalue weighted by molar-refractivity contribution is 5.95.